The van der Waals surface area contributed by atoms with Crippen molar-refractivity contribution in [3.8, 4) is 5.75 Å². The summed E-state index contributed by atoms with van der Waals surface area (Å²) in [4.78, 5) is 2.45. The van der Waals surface area contributed by atoms with Crippen molar-refractivity contribution in [3.05, 3.63) is 48.3 Å². The van der Waals surface area contributed by atoms with Crippen LogP contribution in [-0.2, 0) is 22.6 Å². The average Bonchev–Trinajstić information content (AvgIpc) is 3.25. The molecule has 2 saturated heterocycles. The van der Waals surface area contributed by atoms with Gasteiger partial charge in [-0.1, -0.05) is 12.1 Å². The van der Waals surface area contributed by atoms with Gasteiger partial charge in [0.2, 0.25) is 0 Å². The third kappa shape index (κ3) is 4.09. The van der Waals surface area contributed by atoms with E-state index in [1.165, 1.54) is 5.56 Å². The monoisotopic (exact) mass is 357 g/mol. The van der Waals surface area contributed by atoms with Crippen molar-refractivity contribution in [1.29, 1.82) is 0 Å². The molecule has 2 atom stereocenters. The number of hydrogen-bond donors (Lipinski definition) is 0. The van der Waals surface area contributed by atoms with Crippen LogP contribution in [0.4, 0.5) is 0 Å². The lowest BCUT2D eigenvalue weighted by Gasteiger charge is -2.32. The van der Waals surface area contributed by atoms with Crippen LogP contribution in [0.15, 0.2) is 42.7 Å². The third-order valence-corrected chi connectivity index (χ3v) is 5.28. The Labute approximate surface area is 154 Å². The predicted octanol–water partition coefficient (Wildman–Crippen LogP) is 2.34. The Bertz CT molecular complexity index is 689. The third-order valence-electron chi connectivity index (χ3n) is 5.28. The zero-order valence-electron chi connectivity index (χ0n) is 15.3. The molecule has 0 aliphatic carbocycles. The molecular formula is C20H27N3O3. The Kier molecular flexibility index (Phi) is 5.24. The maximum atomic E-state index is 6.50. The van der Waals surface area contributed by atoms with Crippen LogP contribution in [0.3, 0.4) is 0 Å². The van der Waals surface area contributed by atoms with Gasteiger partial charge in [0.25, 0.3) is 0 Å². The highest BCUT2D eigenvalue weighted by molar-refractivity contribution is 5.27. The van der Waals surface area contributed by atoms with E-state index in [0.717, 1.165) is 51.4 Å². The van der Waals surface area contributed by atoms with E-state index < -0.39 is 0 Å². The van der Waals surface area contributed by atoms with Gasteiger partial charge in [-0.05, 0) is 36.6 Å². The first-order valence-corrected chi connectivity index (χ1v) is 9.33. The lowest BCUT2D eigenvalue weighted by molar-refractivity contribution is -0.0904. The zero-order chi connectivity index (χ0) is 17.8. The largest absolute Gasteiger partial charge is 0.497 e. The van der Waals surface area contributed by atoms with Crippen molar-refractivity contribution in [2.75, 3.05) is 33.4 Å². The van der Waals surface area contributed by atoms with E-state index in [0.29, 0.717) is 6.61 Å². The molecule has 1 aromatic heterocycles. The fourth-order valence-corrected chi connectivity index (χ4v) is 3.97. The second kappa shape index (κ2) is 7.78. The quantitative estimate of drug-likeness (QED) is 0.822. The van der Waals surface area contributed by atoms with Gasteiger partial charge < -0.3 is 14.2 Å². The summed E-state index contributed by atoms with van der Waals surface area (Å²) >= 11 is 0. The second-order valence-corrected chi connectivity index (χ2v) is 7.30. The first-order valence-electron chi connectivity index (χ1n) is 9.33. The minimum atomic E-state index is -0.194. The maximum absolute atomic E-state index is 6.50. The van der Waals surface area contributed by atoms with Gasteiger partial charge in [0.1, 0.15) is 11.4 Å². The molecule has 3 heterocycles. The van der Waals surface area contributed by atoms with Crippen LogP contribution in [0.1, 0.15) is 18.4 Å². The van der Waals surface area contributed by atoms with E-state index in [-0.39, 0.29) is 11.7 Å². The molecule has 2 fully saturated rings. The van der Waals surface area contributed by atoms with Gasteiger partial charge in [-0.25, -0.2) is 0 Å². The first-order chi connectivity index (χ1) is 12.7. The Morgan fingerprint density at radius 3 is 2.96 bits per heavy atom. The van der Waals surface area contributed by atoms with E-state index in [1.54, 1.807) is 7.11 Å². The van der Waals surface area contributed by atoms with Gasteiger partial charge in [-0.2, -0.15) is 5.10 Å². The highest BCUT2D eigenvalue weighted by atomic mass is 16.6. The summed E-state index contributed by atoms with van der Waals surface area (Å²) in [7, 11) is 1.70. The van der Waals surface area contributed by atoms with Crippen LogP contribution in [-0.4, -0.2) is 59.8 Å². The average molecular weight is 357 g/mol. The van der Waals surface area contributed by atoms with Crippen LogP contribution in [0, 0.1) is 0 Å². The lowest BCUT2D eigenvalue weighted by Crippen LogP contribution is -2.44. The first kappa shape index (κ1) is 17.5. The number of hydrogen-bond acceptors (Lipinski definition) is 5. The molecule has 4 rings (SSSR count). The fraction of sp³-hybridized carbons (Fsp3) is 0.550. The standard InChI is InChI=1S/C20H27N3O3/c1-24-18-5-3-17(4-6-18)13-22-11-12-25-16-20(15-22)8-7-19(26-20)14-23-10-2-9-21-23/h2-6,9-10,19H,7-8,11-16H2,1H3/t19-,20-/m0/s1. The van der Waals surface area contributed by atoms with E-state index in [4.69, 9.17) is 14.2 Å². The highest BCUT2D eigenvalue weighted by Crippen LogP contribution is 2.34. The molecule has 6 nitrogen and oxygen atoms in total. The van der Waals surface area contributed by atoms with E-state index >= 15 is 0 Å². The van der Waals surface area contributed by atoms with E-state index in [1.807, 2.05) is 35.3 Å². The predicted molar refractivity (Wildman–Crippen MR) is 98.2 cm³/mol. The number of benzene rings is 1. The molecule has 1 spiro atoms. The van der Waals surface area contributed by atoms with Crippen molar-refractivity contribution < 1.29 is 14.2 Å². The van der Waals surface area contributed by atoms with Crippen LogP contribution in [0.25, 0.3) is 0 Å². The molecule has 0 bridgehead atoms. The molecule has 0 N–H and O–H groups in total. The molecule has 2 aromatic rings. The smallest absolute Gasteiger partial charge is 0.118 e. The van der Waals surface area contributed by atoms with Crippen molar-refractivity contribution >= 4 is 0 Å². The number of rotatable bonds is 5. The molecule has 2 aliphatic heterocycles. The van der Waals surface area contributed by atoms with Gasteiger partial charge >= 0.3 is 0 Å². The number of methoxy groups -OCH3 is 1. The Morgan fingerprint density at radius 2 is 2.19 bits per heavy atom. The van der Waals surface area contributed by atoms with Crippen molar-refractivity contribution in [3.63, 3.8) is 0 Å². The topological polar surface area (TPSA) is 48.8 Å². The molecule has 6 heteroatoms. The molecule has 2 aliphatic rings. The number of ether oxygens (including phenoxy) is 3. The second-order valence-electron chi connectivity index (χ2n) is 7.30. The van der Waals surface area contributed by atoms with Crippen molar-refractivity contribution in [1.82, 2.24) is 14.7 Å². The van der Waals surface area contributed by atoms with E-state index in [2.05, 4.69) is 22.1 Å². The van der Waals surface area contributed by atoms with E-state index in [9.17, 15) is 0 Å². The number of nitrogens with zero attached hydrogens (tertiary/aromatic N) is 3. The van der Waals surface area contributed by atoms with Crippen LogP contribution >= 0.6 is 0 Å². The summed E-state index contributed by atoms with van der Waals surface area (Å²) in [5.41, 5.74) is 1.09. The van der Waals surface area contributed by atoms with Crippen molar-refractivity contribution in [2.24, 2.45) is 0 Å². The fourth-order valence-electron chi connectivity index (χ4n) is 3.97. The minimum Gasteiger partial charge on any atom is -0.497 e. The van der Waals surface area contributed by atoms with Crippen molar-refractivity contribution in [2.45, 2.75) is 37.6 Å². The SMILES string of the molecule is COc1ccc(CN2CCOC[C@]3(CC[C@@H](Cn4cccn4)O3)C2)cc1. The van der Waals surface area contributed by atoms with Gasteiger partial charge in [0.05, 0.1) is 33.0 Å². The molecule has 26 heavy (non-hydrogen) atoms. The summed E-state index contributed by atoms with van der Waals surface area (Å²) < 4.78 is 19.6. The summed E-state index contributed by atoms with van der Waals surface area (Å²) in [6.45, 7) is 5.00. The molecule has 0 unspecified atom stereocenters. The molecule has 0 radical (unpaired) electrons. The summed E-state index contributed by atoms with van der Waals surface area (Å²) in [6.07, 6.45) is 6.11. The van der Waals surface area contributed by atoms with Crippen LogP contribution in [0.2, 0.25) is 0 Å². The normalized spacial score (nSPS) is 26.9. The Balaban J connectivity index is 1.39. The number of aromatic nitrogens is 2. The molecule has 0 saturated carbocycles. The van der Waals surface area contributed by atoms with Crippen LogP contribution in [0.5, 0.6) is 5.75 Å². The minimum absolute atomic E-state index is 0.194. The summed E-state index contributed by atoms with van der Waals surface area (Å²) in [5.74, 6) is 0.894. The highest BCUT2D eigenvalue weighted by Gasteiger charge is 2.43. The zero-order valence-corrected chi connectivity index (χ0v) is 15.3. The molecule has 1 aromatic carbocycles. The Hall–Kier alpha value is -1.89. The Morgan fingerprint density at radius 1 is 1.31 bits per heavy atom. The maximum Gasteiger partial charge on any atom is 0.118 e. The summed E-state index contributed by atoms with van der Waals surface area (Å²) in [6, 6.07) is 10.3. The summed E-state index contributed by atoms with van der Waals surface area (Å²) in [5, 5.41) is 4.30. The van der Waals surface area contributed by atoms with Gasteiger partial charge in [-0.3, -0.25) is 9.58 Å². The van der Waals surface area contributed by atoms with Gasteiger partial charge in [-0.15, -0.1) is 0 Å². The lowest BCUT2D eigenvalue weighted by atomic mass is 10.00. The van der Waals surface area contributed by atoms with Gasteiger partial charge in [0.15, 0.2) is 0 Å². The van der Waals surface area contributed by atoms with Gasteiger partial charge in [0, 0.05) is 32.0 Å². The molecule has 140 valence electrons. The van der Waals surface area contributed by atoms with Crippen LogP contribution < -0.4 is 4.74 Å². The molecular weight excluding hydrogens is 330 g/mol. The molecule has 0 amide bonds.